The van der Waals surface area contributed by atoms with Crippen molar-refractivity contribution in [2.45, 2.75) is 71.1 Å². The number of hydrogen-bond donors (Lipinski definition) is 5. The van der Waals surface area contributed by atoms with E-state index in [1.165, 1.54) is 19.3 Å². The highest BCUT2D eigenvalue weighted by Gasteiger charge is 2.24. The van der Waals surface area contributed by atoms with Gasteiger partial charge in [-0.15, -0.1) is 0 Å². The minimum absolute atomic E-state index is 0.000350. The molecule has 184 valence electrons. The third-order valence-corrected chi connectivity index (χ3v) is 5.74. The van der Waals surface area contributed by atoms with Crippen molar-refractivity contribution >= 4 is 17.4 Å². The highest BCUT2D eigenvalue weighted by molar-refractivity contribution is 5.95. The Morgan fingerprint density at radius 2 is 1.79 bits per heavy atom. The number of nitrogens with one attached hydrogen (secondary N) is 4. The summed E-state index contributed by atoms with van der Waals surface area (Å²) in [6.07, 6.45) is 5.71. The van der Waals surface area contributed by atoms with Gasteiger partial charge in [-0.3, -0.25) is 15.6 Å². The van der Waals surface area contributed by atoms with Gasteiger partial charge in [0.25, 0.3) is 5.91 Å². The molecule has 2 aromatic carbocycles. The molecule has 1 atom stereocenters. The van der Waals surface area contributed by atoms with E-state index in [-0.39, 0.29) is 23.9 Å². The highest BCUT2D eigenvalue weighted by atomic mass is 16.5. The summed E-state index contributed by atoms with van der Waals surface area (Å²) >= 11 is 0. The lowest BCUT2D eigenvalue weighted by Gasteiger charge is -2.26. The van der Waals surface area contributed by atoms with Crippen LogP contribution in [-0.2, 0) is 4.79 Å². The molecule has 0 aliphatic heterocycles. The molecule has 0 radical (unpaired) electrons. The first-order valence-corrected chi connectivity index (χ1v) is 12.1. The summed E-state index contributed by atoms with van der Waals surface area (Å²) < 4.78 is 11.7. The molecule has 1 fully saturated rings. The minimum Gasteiger partial charge on any atom is -0.490 e. The average Bonchev–Trinajstić information content (AvgIpc) is 2.83. The van der Waals surface area contributed by atoms with Gasteiger partial charge in [-0.2, -0.15) is 0 Å². The van der Waals surface area contributed by atoms with Crippen molar-refractivity contribution in [2.24, 2.45) is 5.73 Å². The van der Waals surface area contributed by atoms with Gasteiger partial charge in [0.1, 0.15) is 11.9 Å². The number of nitrogens with two attached hydrogens (primary N) is 1. The molecule has 0 bridgehead atoms. The maximum absolute atomic E-state index is 13.3. The highest BCUT2D eigenvalue weighted by Crippen LogP contribution is 2.33. The van der Waals surface area contributed by atoms with Crippen LogP contribution < -0.4 is 31.4 Å². The summed E-state index contributed by atoms with van der Waals surface area (Å²) in [6.45, 7) is 6.32. The van der Waals surface area contributed by atoms with Crippen molar-refractivity contribution in [1.82, 2.24) is 10.9 Å². The van der Waals surface area contributed by atoms with Crippen LogP contribution in [0.2, 0.25) is 0 Å². The standard InChI is InChI=1S/C26H37N5O3/c1-4-33-23-16-19(12-15-22(23)34-17(2)3)24(26(32)31-30-21-8-6-5-7-9-21)29-20-13-10-18(11-14-20)25(27)28/h10-17,21,24,29-30H,4-9H2,1-3H3,(H3,27,28)(H,31,32). The Balaban J connectivity index is 1.85. The first-order valence-electron chi connectivity index (χ1n) is 12.1. The molecule has 0 saturated heterocycles. The number of hydrazine groups is 1. The SMILES string of the molecule is CCOc1cc(C(Nc2ccc(C(=N)N)cc2)C(=O)NNC2CCCCC2)ccc1OC(C)C. The first-order chi connectivity index (χ1) is 16.4. The number of carbonyl (C=O) groups is 1. The number of ether oxygens (including phenoxy) is 2. The molecule has 34 heavy (non-hydrogen) atoms. The van der Waals surface area contributed by atoms with Crippen LogP contribution >= 0.6 is 0 Å². The van der Waals surface area contributed by atoms with Crippen molar-refractivity contribution in [3.63, 3.8) is 0 Å². The van der Waals surface area contributed by atoms with Gasteiger partial charge in [0.2, 0.25) is 0 Å². The third kappa shape index (κ3) is 7.12. The fourth-order valence-electron chi connectivity index (χ4n) is 4.03. The number of amides is 1. The van der Waals surface area contributed by atoms with E-state index in [4.69, 9.17) is 20.6 Å². The average molecular weight is 468 g/mol. The van der Waals surface area contributed by atoms with Gasteiger partial charge >= 0.3 is 0 Å². The number of nitrogen functional groups attached to an aromatic ring is 1. The molecule has 6 N–H and O–H groups in total. The van der Waals surface area contributed by atoms with E-state index in [1.54, 1.807) is 12.1 Å². The molecule has 8 nitrogen and oxygen atoms in total. The van der Waals surface area contributed by atoms with E-state index >= 15 is 0 Å². The lowest BCUT2D eigenvalue weighted by Crippen LogP contribution is -2.48. The van der Waals surface area contributed by atoms with Crippen LogP contribution in [0.15, 0.2) is 42.5 Å². The predicted octanol–water partition coefficient (Wildman–Crippen LogP) is 4.26. The number of hydrogen-bond acceptors (Lipinski definition) is 6. The van der Waals surface area contributed by atoms with E-state index in [1.807, 2.05) is 51.1 Å². The second kappa shape index (κ2) is 12.3. The molecule has 1 saturated carbocycles. The van der Waals surface area contributed by atoms with E-state index < -0.39 is 6.04 Å². The van der Waals surface area contributed by atoms with Crippen molar-refractivity contribution in [2.75, 3.05) is 11.9 Å². The number of carbonyl (C=O) groups excluding carboxylic acids is 1. The summed E-state index contributed by atoms with van der Waals surface area (Å²) in [5.74, 6) is 1.05. The van der Waals surface area contributed by atoms with Crippen molar-refractivity contribution in [1.29, 1.82) is 5.41 Å². The molecule has 1 aliphatic carbocycles. The quantitative estimate of drug-likeness (QED) is 0.191. The molecule has 0 aromatic heterocycles. The molecule has 2 aromatic rings. The lowest BCUT2D eigenvalue weighted by molar-refractivity contribution is -0.123. The zero-order valence-corrected chi connectivity index (χ0v) is 20.3. The van der Waals surface area contributed by atoms with Crippen LogP contribution in [-0.4, -0.2) is 30.5 Å². The summed E-state index contributed by atoms with van der Waals surface area (Å²) in [5, 5.41) is 10.9. The maximum Gasteiger partial charge on any atom is 0.261 e. The van der Waals surface area contributed by atoms with Gasteiger partial charge < -0.3 is 20.5 Å². The summed E-state index contributed by atoms with van der Waals surface area (Å²) in [5.41, 5.74) is 13.8. The second-order valence-electron chi connectivity index (χ2n) is 8.84. The fourth-order valence-corrected chi connectivity index (χ4v) is 4.03. The van der Waals surface area contributed by atoms with Crippen LogP contribution in [0, 0.1) is 5.41 Å². The van der Waals surface area contributed by atoms with Gasteiger partial charge in [0.05, 0.1) is 12.7 Å². The van der Waals surface area contributed by atoms with Crippen LogP contribution in [0.3, 0.4) is 0 Å². The van der Waals surface area contributed by atoms with Crippen molar-refractivity contribution < 1.29 is 14.3 Å². The molecule has 3 rings (SSSR count). The smallest absolute Gasteiger partial charge is 0.261 e. The number of amidine groups is 1. The molecule has 1 unspecified atom stereocenters. The van der Waals surface area contributed by atoms with Gasteiger partial charge in [0.15, 0.2) is 11.5 Å². The number of anilines is 1. The monoisotopic (exact) mass is 467 g/mol. The van der Waals surface area contributed by atoms with E-state index in [0.717, 1.165) is 24.1 Å². The Labute approximate surface area is 202 Å². The largest absolute Gasteiger partial charge is 0.490 e. The Kier molecular flexibility index (Phi) is 9.16. The Bertz CT molecular complexity index is 955. The molecule has 1 amide bonds. The minimum atomic E-state index is -0.674. The zero-order chi connectivity index (χ0) is 24.5. The van der Waals surface area contributed by atoms with Gasteiger partial charge in [0, 0.05) is 17.3 Å². The van der Waals surface area contributed by atoms with E-state index in [9.17, 15) is 4.79 Å². The Hall–Kier alpha value is -3.26. The first kappa shape index (κ1) is 25.4. The van der Waals surface area contributed by atoms with Crippen molar-refractivity contribution in [3.8, 4) is 11.5 Å². The number of benzene rings is 2. The van der Waals surface area contributed by atoms with Gasteiger partial charge in [-0.1, -0.05) is 25.3 Å². The molecule has 1 aliphatic rings. The number of rotatable bonds is 11. The van der Waals surface area contributed by atoms with Crippen LogP contribution in [0.25, 0.3) is 0 Å². The second-order valence-corrected chi connectivity index (χ2v) is 8.84. The van der Waals surface area contributed by atoms with Crippen LogP contribution in [0.1, 0.15) is 70.0 Å². The summed E-state index contributed by atoms with van der Waals surface area (Å²) in [7, 11) is 0. The third-order valence-electron chi connectivity index (χ3n) is 5.74. The van der Waals surface area contributed by atoms with Gasteiger partial charge in [-0.25, -0.2) is 5.43 Å². The predicted molar refractivity (Wildman–Crippen MR) is 135 cm³/mol. The molecule has 8 heteroatoms. The fraction of sp³-hybridized carbons (Fsp3) is 0.462. The topological polar surface area (TPSA) is 121 Å². The molecular formula is C26H37N5O3. The molecule has 0 heterocycles. The van der Waals surface area contributed by atoms with E-state index in [2.05, 4.69) is 16.2 Å². The molecule has 0 spiro atoms. The van der Waals surface area contributed by atoms with Gasteiger partial charge in [-0.05, 0) is 75.6 Å². The lowest BCUT2D eigenvalue weighted by atomic mass is 9.96. The maximum atomic E-state index is 13.3. The van der Waals surface area contributed by atoms with Crippen LogP contribution in [0.5, 0.6) is 11.5 Å². The van der Waals surface area contributed by atoms with E-state index in [0.29, 0.717) is 23.7 Å². The van der Waals surface area contributed by atoms with Crippen molar-refractivity contribution in [3.05, 3.63) is 53.6 Å². The Morgan fingerprint density at radius 3 is 2.41 bits per heavy atom. The zero-order valence-electron chi connectivity index (χ0n) is 20.3. The molecular weight excluding hydrogens is 430 g/mol. The van der Waals surface area contributed by atoms with Crippen LogP contribution in [0.4, 0.5) is 5.69 Å². The summed E-state index contributed by atoms with van der Waals surface area (Å²) in [6, 6.07) is 12.3. The summed E-state index contributed by atoms with van der Waals surface area (Å²) in [4.78, 5) is 13.3. The Morgan fingerprint density at radius 1 is 1.09 bits per heavy atom. The normalized spacial score (nSPS) is 14.9.